The maximum atomic E-state index is 4.33. The van der Waals surface area contributed by atoms with Crippen molar-refractivity contribution in [3.05, 3.63) is 42.2 Å². The van der Waals surface area contributed by atoms with E-state index in [2.05, 4.69) is 52.7 Å². The van der Waals surface area contributed by atoms with Crippen LogP contribution in [0.2, 0.25) is 0 Å². The molecule has 0 aliphatic carbocycles. The molecule has 0 amide bonds. The van der Waals surface area contributed by atoms with Gasteiger partial charge in [-0.1, -0.05) is 12.1 Å². The van der Waals surface area contributed by atoms with Crippen molar-refractivity contribution in [1.82, 2.24) is 9.78 Å². The highest BCUT2D eigenvalue weighted by atomic mass is 15.3. The smallest absolute Gasteiger partial charge is 0.0605 e. The fraction of sp³-hybridized carbons (Fsp3) is 0.357. The number of anilines is 2. The Bertz CT molecular complexity index is 532. The number of benzene rings is 1. The molecule has 18 heavy (non-hydrogen) atoms. The van der Waals surface area contributed by atoms with Gasteiger partial charge in [0.15, 0.2) is 0 Å². The first-order valence-electron chi connectivity index (χ1n) is 6.46. The number of para-hydroxylation sites is 2. The lowest BCUT2D eigenvalue weighted by molar-refractivity contribution is 0.658. The normalized spacial score (nSPS) is 14.2. The molecule has 0 atom stereocenters. The first-order chi connectivity index (χ1) is 8.86. The lowest BCUT2D eigenvalue weighted by Gasteiger charge is -2.31. The number of aryl methyl sites for hydroxylation is 1. The van der Waals surface area contributed by atoms with Crippen molar-refractivity contribution in [1.29, 1.82) is 0 Å². The number of nitrogens with one attached hydrogen (secondary N) is 1. The van der Waals surface area contributed by atoms with Gasteiger partial charge in [-0.2, -0.15) is 5.10 Å². The summed E-state index contributed by atoms with van der Waals surface area (Å²) < 4.78 is 1.98. The van der Waals surface area contributed by atoms with E-state index in [1.54, 1.807) is 0 Å². The van der Waals surface area contributed by atoms with Crippen LogP contribution in [-0.4, -0.2) is 22.9 Å². The quantitative estimate of drug-likeness (QED) is 0.896. The van der Waals surface area contributed by atoms with Gasteiger partial charge < -0.3 is 10.2 Å². The van der Waals surface area contributed by atoms with E-state index in [0.29, 0.717) is 0 Å². The Kier molecular flexibility index (Phi) is 2.92. The largest absolute Gasteiger partial charge is 0.382 e. The van der Waals surface area contributed by atoms with Gasteiger partial charge in [-0.05, 0) is 19.1 Å². The van der Waals surface area contributed by atoms with Crippen molar-refractivity contribution in [2.45, 2.75) is 20.0 Å². The summed E-state index contributed by atoms with van der Waals surface area (Å²) in [6, 6.07) is 8.47. The minimum absolute atomic E-state index is 0.929. The molecule has 4 heteroatoms. The van der Waals surface area contributed by atoms with Crippen LogP contribution in [0.25, 0.3) is 0 Å². The summed E-state index contributed by atoms with van der Waals surface area (Å²) >= 11 is 0. The Balaban J connectivity index is 1.81. The Hall–Kier alpha value is -1.97. The van der Waals surface area contributed by atoms with Gasteiger partial charge in [0.1, 0.15) is 0 Å². The molecule has 0 unspecified atom stereocenters. The summed E-state index contributed by atoms with van der Waals surface area (Å²) in [6.45, 7) is 6.00. The van der Waals surface area contributed by atoms with Gasteiger partial charge in [-0.25, -0.2) is 0 Å². The van der Waals surface area contributed by atoms with Crippen LogP contribution in [0.1, 0.15) is 12.5 Å². The number of nitrogens with zero attached hydrogens (tertiary/aromatic N) is 3. The molecule has 0 bridgehead atoms. The first kappa shape index (κ1) is 11.1. The zero-order valence-corrected chi connectivity index (χ0v) is 10.6. The second-order valence-corrected chi connectivity index (χ2v) is 4.57. The third-order valence-corrected chi connectivity index (χ3v) is 3.33. The van der Waals surface area contributed by atoms with E-state index in [0.717, 1.165) is 26.2 Å². The average molecular weight is 242 g/mol. The maximum absolute atomic E-state index is 4.33. The van der Waals surface area contributed by atoms with Crippen LogP contribution in [0.3, 0.4) is 0 Å². The monoisotopic (exact) mass is 242 g/mol. The molecular weight excluding hydrogens is 224 g/mol. The van der Waals surface area contributed by atoms with E-state index >= 15 is 0 Å². The van der Waals surface area contributed by atoms with Gasteiger partial charge in [0.25, 0.3) is 0 Å². The Labute approximate surface area is 107 Å². The lowest BCUT2D eigenvalue weighted by Crippen LogP contribution is -2.33. The van der Waals surface area contributed by atoms with Crippen molar-refractivity contribution in [3.63, 3.8) is 0 Å². The predicted octanol–water partition coefficient (Wildman–Crippen LogP) is 2.34. The van der Waals surface area contributed by atoms with Gasteiger partial charge >= 0.3 is 0 Å². The van der Waals surface area contributed by atoms with Crippen molar-refractivity contribution < 1.29 is 0 Å². The lowest BCUT2D eigenvalue weighted by atomic mass is 10.2. The standard InChI is InChI=1S/C14H18N4/c1-2-18-11-12(9-16-18)10-17-8-7-15-13-5-3-4-6-14(13)17/h3-6,9,11,15H,2,7-8,10H2,1H3. The van der Waals surface area contributed by atoms with E-state index in [4.69, 9.17) is 0 Å². The summed E-state index contributed by atoms with van der Waals surface area (Å²) in [6.07, 6.45) is 4.10. The van der Waals surface area contributed by atoms with Gasteiger partial charge in [-0.3, -0.25) is 4.68 Å². The highest BCUT2D eigenvalue weighted by Gasteiger charge is 2.16. The summed E-state index contributed by atoms with van der Waals surface area (Å²) in [5.74, 6) is 0. The van der Waals surface area contributed by atoms with Gasteiger partial charge in [-0.15, -0.1) is 0 Å². The van der Waals surface area contributed by atoms with Crippen molar-refractivity contribution >= 4 is 11.4 Å². The summed E-state index contributed by atoms with van der Waals surface area (Å²) in [7, 11) is 0. The number of hydrogen-bond acceptors (Lipinski definition) is 3. The molecule has 0 fully saturated rings. The van der Waals surface area contributed by atoms with Crippen LogP contribution in [0.5, 0.6) is 0 Å². The number of rotatable bonds is 3. The van der Waals surface area contributed by atoms with Gasteiger partial charge in [0.05, 0.1) is 17.6 Å². The minimum atomic E-state index is 0.929. The Morgan fingerprint density at radius 1 is 1.33 bits per heavy atom. The van der Waals surface area contributed by atoms with Crippen molar-refractivity contribution in [2.75, 3.05) is 23.3 Å². The van der Waals surface area contributed by atoms with E-state index in [1.165, 1.54) is 16.9 Å². The summed E-state index contributed by atoms with van der Waals surface area (Å²) in [5.41, 5.74) is 3.79. The fourth-order valence-electron chi connectivity index (χ4n) is 2.39. The molecule has 3 rings (SSSR count). The van der Waals surface area contributed by atoms with Crippen molar-refractivity contribution in [2.24, 2.45) is 0 Å². The highest BCUT2D eigenvalue weighted by Crippen LogP contribution is 2.29. The summed E-state index contributed by atoms with van der Waals surface area (Å²) in [5, 5.41) is 7.76. The second kappa shape index (κ2) is 4.72. The molecule has 2 heterocycles. The van der Waals surface area contributed by atoms with Crippen LogP contribution >= 0.6 is 0 Å². The number of fused-ring (bicyclic) bond motifs is 1. The Morgan fingerprint density at radius 2 is 2.22 bits per heavy atom. The first-order valence-corrected chi connectivity index (χ1v) is 6.46. The van der Waals surface area contributed by atoms with Gasteiger partial charge in [0.2, 0.25) is 0 Å². The van der Waals surface area contributed by atoms with E-state index in [-0.39, 0.29) is 0 Å². The second-order valence-electron chi connectivity index (χ2n) is 4.57. The molecule has 0 saturated carbocycles. The van der Waals surface area contributed by atoms with Crippen LogP contribution in [0, 0.1) is 0 Å². The molecule has 94 valence electrons. The third kappa shape index (κ3) is 2.06. The minimum Gasteiger partial charge on any atom is -0.382 e. The van der Waals surface area contributed by atoms with Crippen LogP contribution < -0.4 is 10.2 Å². The zero-order chi connectivity index (χ0) is 12.4. The molecule has 0 saturated heterocycles. The molecule has 1 aliphatic rings. The molecule has 1 aromatic heterocycles. The molecule has 4 nitrogen and oxygen atoms in total. The molecular formula is C14H18N4. The zero-order valence-electron chi connectivity index (χ0n) is 10.6. The topological polar surface area (TPSA) is 33.1 Å². The molecule has 1 aromatic carbocycles. The highest BCUT2D eigenvalue weighted by molar-refractivity contribution is 5.71. The number of hydrogen-bond donors (Lipinski definition) is 1. The molecule has 0 spiro atoms. The number of aromatic nitrogens is 2. The third-order valence-electron chi connectivity index (χ3n) is 3.33. The fourth-order valence-corrected chi connectivity index (χ4v) is 2.39. The van der Waals surface area contributed by atoms with Gasteiger partial charge in [0, 0.05) is 37.9 Å². The van der Waals surface area contributed by atoms with Crippen LogP contribution in [0.4, 0.5) is 11.4 Å². The van der Waals surface area contributed by atoms with E-state index in [9.17, 15) is 0 Å². The molecule has 0 radical (unpaired) electrons. The molecule has 1 aliphatic heterocycles. The molecule has 2 aromatic rings. The van der Waals surface area contributed by atoms with E-state index < -0.39 is 0 Å². The Morgan fingerprint density at radius 3 is 3.06 bits per heavy atom. The van der Waals surface area contributed by atoms with E-state index in [1.807, 2.05) is 10.9 Å². The predicted molar refractivity (Wildman–Crippen MR) is 73.9 cm³/mol. The average Bonchev–Trinajstić information content (AvgIpc) is 2.87. The van der Waals surface area contributed by atoms with Crippen LogP contribution in [0.15, 0.2) is 36.7 Å². The summed E-state index contributed by atoms with van der Waals surface area (Å²) in [4.78, 5) is 2.41. The maximum Gasteiger partial charge on any atom is 0.0605 e. The van der Waals surface area contributed by atoms with Crippen LogP contribution in [-0.2, 0) is 13.1 Å². The van der Waals surface area contributed by atoms with Crippen molar-refractivity contribution in [3.8, 4) is 0 Å². The molecule has 1 N–H and O–H groups in total. The SMILES string of the molecule is CCn1cc(CN2CCNc3ccccc32)cn1.